The predicted octanol–water partition coefficient (Wildman–Crippen LogP) is 4.22. The van der Waals surface area contributed by atoms with Gasteiger partial charge in [-0.25, -0.2) is 4.98 Å². The van der Waals surface area contributed by atoms with Gasteiger partial charge < -0.3 is 19.7 Å². The number of methoxy groups -OCH3 is 1. The van der Waals surface area contributed by atoms with Gasteiger partial charge in [-0.3, -0.25) is 4.99 Å². The summed E-state index contributed by atoms with van der Waals surface area (Å²) in [7, 11) is 3.76. The molecule has 1 N–H and O–H groups in total. The van der Waals surface area contributed by atoms with Gasteiger partial charge in [-0.15, -0.1) is 35.3 Å². The van der Waals surface area contributed by atoms with E-state index in [0.29, 0.717) is 6.10 Å². The summed E-state index contributed by atoms with van der Waals surface area (Å²) in [4.78, 5) is 11.5. The van der Waals surface area contributed by atoms with Gasteiger partial charge in [-0.05, 0) is 33.1 Å². The largest absolute Gasteiger partial charge is 0.378 e. The summed E-state index contributed by atoms with van der Waals surface area (Å²) in [6, 6.07) is 0. The van der Waals surface area contributed by atoms with Gasteiger partial charge in [0.1, 0.15) is 11.1 Å². The van der Waals surface area contributed by atoms with E-state index >= 15 is 0 Å². The molecule has 0 amide bonds. The maximum atomic E-state index is 5.91. The van der Waals surface area contributed by atoms with Crippen LogP contribution in [0, 0.1) is 0 Å². The highest BCUT2D eigenvalue weighted by Crippen LogP contribution is 2.21. The van der Waals surface area contributed by atoms with Crippen LogP contribution in [0.1, 0.15) is 62.8 Å². The van der Waals surface area contributed by atoms with Crippen LogP contribution in [0.15, 0.2) is 10.4 Å². The van der Waals surface area contributed by atoms with E-state index in [1.165, 1.54) is 25.7 Å². The molecule has 1 aromatic heterocycles. The standard InChI is InChI=1S/C19H34N4O2S.HI/c1-5-20-19(21-11-8-12-25-17-9-6-7-10-17)23(3)13-16-14-26-18(22-16)15(2)24-4;/h14-15,17H,5-13H2,1-4H3,(H,20,21);1H. The van der Waals surface area contributed by atoms with Crippen molar-refractivity contribution in [3.63, 3.8) is 0 Å². The number of thiazole rings is 1. The lowest BCUT2D eigenvalue weighted by molar-refractivity contribution is 0.0579. The van der Waals surface area contributed by atoms with Crippen molar-refractivity contribution in [1.82, 2.24) is 15.2 Å². The predicted molar refractivity (Wildman–Crippen MR) is 123 cm³/mol. The second-order valence-corrected chi connectivity index (χ2v) is 7.67. The van der Waals surface area contributed by atoms with Crippen LogP contribution in [-0.2, 0) is 16.0 Å². The van der Waals surface area contributed by atoms with E-state index in [0.717, 1.165) is 49.3 Å². The Labute approximate surface area is 185 Å². The van der Waals surface area contributed by atoms with Crippen molar-refractivity contribution < 1.29 is 9.47 Å². The molecule has 0 saturated heterocycles. The maximum Gasteiger partial charge on any atom is 0.194 e. The smallest absolute Gasteiger partial charge is 0.194 e. The van der Waals surface area contributed by atoms with Gasteiger partial charge in [0.25, 0.3) is 0 Å². The van der Waals surface area contributed by atoms with Gasteiger partial charge in [0, 0.05) is 39.2 Å². The third-order valence-corrected chi connectivity index (χ3v) is 5.64. The number of aromatic nitrogens is 1. The Hall–Kier alpha value is -0.450. The number of nitrogens with one attached hydrogen (secondary N) is 1. The van der Waals surface area contributed by atoms with Gasteiger partial charge in [-0.2, -0.15) is 0 Å². The summed E-state index contributed by atoms with van der Waals surface area (Å²) < 4.78 is 11.3. The minimum absolute atomic E-state index is 0. The van der Waals surface area contributed by atoms with Crippen LogP contribution in [-0.4, -0.2) is 55.8 Å². The van der Waals surface area contributed by atoms with Crippen molar-refractivity contribution in [3.8, 4) is 0 Å². The zero-order valence-corrected chi connectivity index (χ0v) is 20.2. The van der Waals surface area contributed by atoms with Crippen molar-refractivity contribution in [2.24, 2.45) is 4.99 Å². The van der Waals surface area contributed by atoms with Crippen LogP contribution in [0.25, 0.3) is 0 Å². The lowest BCUT2D eigenvalue weighted by Crippen LogP contribution is -2.38. The molecule has 0 radical (unpaired) electrons. The first-order chi connectivity index (χ1) is 12.6. The third kappa shape index (κ3) is 8.62. The molecule has 2 rings (SSSR count). The first kappa shape index (κ1) is 24.6. The van der Waals surface area contributed by atoms with Gasteiger partial charge in [0.2, 0.25) is 0 Å². The number of rotatable bonds is 10. The topological polar surface area (TPSA) is 59.0 Å². The second-order valence-electron chi connectivity index (χ2n) is 6.78. The molecule has 1 aromatic rings. The molecule has 27 heavy (non-hydrogen) atoms. The molecule has 0 aromatic carbocycles. The van der Waals surface area contributed by atoms with Crippen LogP contribution in [0.5, 0.6) is 0 Å². The van der Waals surface area contributed by atoms with Crippen LogP contribution in [0.2, 0.25) is 0 Å². The molecule has 8 heteroatoms. The molecule has 1 aliphatic carbocycles. The molecule has 6 nitrogen and oxygen atoms in total. The summed E-state index contributed by atoms with van der Waals surface area (Å²) in [5.74, 6) is 0.919. The number of aliphatic imine (C=N–C) groups is 1. The average Bonchev–Trinajstić information content (AvgIpc) is 3.31. The second kappa shape index (κ2) is 13.7. The van der Waals surface area contributed by atoms with E-state index in [9.17, 15) is 0 Å². The summed E-state index contributed by atoms with van der Waals surface area (Å²) in [6.07, 6.45) is 6.59. The first-order valence-electron chi connectivity index (χ1n) is 9.72. The first-order valence-corrected chi connectivity index (χ1v) is 10.6. The van der Waals surface area contributed by atoms with Crippen molar-refractivity contribution in [1.29, 1.82) is 0 Å². The molecule has 1 aliphatic rings. The van der Waals surface area contributed by atoms with Gasteiger partial charge in [-0.1, -0.05) is 12.8 Å². The van der Waals surface area contributed by atoms with Crippen LogP contribution in [0.3, 0.4) is 0 Å². The molecule has 0 aliphatic heterocycles. The number of ether oxygens (including phenoxy) is 2. The van der Waals surface area contributed by atoms with Crippen molar-refractivity contribution in [2.45, 2.75) is 64.7 Å². The van der Waals surface area contributed by atoms with Crippen molar-refractivity contribution in [3.05, 3.63) is 16.1 Å². The fourth-order valence-corrected chi connectivity index (χ4v) is 3.87. The molecule has 1 heterocycles. The summed E-state index contributed by atoms with van der Waals surface area (Å²) in [5.41, 5.74) is 1.05. The molecule has 1 saturated carbocycles. The Morgan fingerprint density at radius 1 is 1.44 bits per heavy atom. The van der Waals surface area contributed by atoms with Crippen LogP contribution in [0.4, 0.5) is 0 Å². The van der Waals surface area contributed by atoms with E-state index in [-0.39, 0.29) is 30.1 Å². The number of halogens is 1. The fraction of sp³-hybridized carbons (Fsp3) is 0.789. The number of nitrogens with zero attached hydrogens (tertiary/aromatic N) is 3. The highest BCUT2D eigenvalue weighted by atomic mass is 127. The molecular formula is C19H35IN4O2S. The highest BCUT2D eigenvalue weighted by molar-refractivity contribution is 14.0. The lowest BCUT2D eigenvalue weighted by Gasteiger charge is -2.21. The lowest BCUT2D eigenvalue weighted by atomic mass is 10.3. The van der Waals surface area contributed by atoms with Crippen LogP contribution < -0.4 is 5.32 Å². The van der Waals surface area contributed by atoms with Gasteiger partial charge >= 0.3 is 0 Å². The molecule has 1 fully saturated rings. The van der Waals surface area contributed by atoms with E-state index in [1.807, 2.05) is 6.92 Å². The quantitative estimate of drug-likeness (QED) is 0.221. The third-order valence-electron chi connectivity index (χ3n) is 4.59. The summed E-state index contributed by atoms with van der Waals surface area (Å²) in [6.45, 7) is 7.28. The Morgan fingerprint density at radius 3 is 2.85 bits per heavy atom. The molecule has 156 valence electrons. The summed E-state index contributed by atoms with van der Waals surface area (Å²) >= 11 is 1.65. The number of hydrogen-bond acceptors (Lipinski definition) is 5. The molecule has 0 bridgehead atoms. The maximum absolute atomic E-state index is 5.91. The Kier molecular flexibility index (Phi) is 12.5. The van der Waals surface area contributed by atoms with Crippen molar-refractivity contribution >= 4 is 41.3 Å². The van der Waals surface area contributed by atoms with Gasteiger partial charge in [0.05, 0.1) is 18.3 Å². The Morgan fingerprint density at radius 2 is 2.19 bits per heavy atom. The minimum atomic E-state index is 0. The monoisotopic (exact) mass is 510 g/mol. The Bertz CT molecular complexity index is 550. The molecular weight excluding hydrogens is 475 g/mol. The average molecular weight is 510 g/mol. The van der Waals surface area contributed by atoms with E-state index < -0.39 is 0 Å². The zero-order valence-electron chi connectivity index (χ0n) is 17.1. The SMILES string of the molecule is CCNC(=NCCCOC1CCCC1)N(C)Cc1csc(C(C)OC)n1.I. The summed E-state index contributed by atoms with van der Waals surface area (Å²) in [5, 5.41) is 6.47. The molecule has 1 unspecified atom stereocenters. The number of hydrogen-bond donors (Lipinski definition) is 1. The van der Waals surface area contributed by atoms with E-state index in [4.69, 9.17) is 14.5 Å². The minimum Gasteiger partial charge on any atom is -0.378 e. The van der Waals surface area contributed by atoms with Crippen molar-refractivity contribution in [2.75, 3.05) is 33.9 Å². The Balaban J connectivity index is 0.00000364. The van der Waals surface area contributed by atoms with E-state index in [2.05, 4.69) is 34.6 Å². The fourth-order valence-electron chi connectivity index (χ4n) is 3.02. The highest BCUT2D eigenvalue weighted by Gasteiger charge is 2.15. The normalized spacial score (nSPS) is 16.2. The van der Waals surface area contributed by atoms with Gasteiger partial charge in [0.15, 0.2) is 5.96 Å². The number of guanidine groups is 1. The zero-order chi connectivity index (χ0) is 18.8. The molecule has 1 atom stereocenters. The van der Waals surface area contributed by atoms with Crippen LogP contribution >= 0.6 is 35.3 Å². The molecule has 0 spiro atoms. The van der Waals surface area contributed by atoms with E-state index in [1.54, 1.807) is 18.4 Å².